The van der Waals surface area contributed by atoms with Crippen LogP contribution in [0.25, 0.3) is 10.9 Å². The average Bonchev–Trinajstić information content (AvgIpc) is 3.26. The van der Waals surface area contributed by atoms with Gasteiger partial charge in [-0.15, -0.1) is 0 Å². The predicted molar refractivity (Wildman–Crippen MR) is 98.4 cm³/mol. The number of carbonyl (C=O) groups is 1. The SMILES string of the molecule is CCO[C@@]12OC[C@@]3(C(=O)O)c4[nH]c5ccccc5c4[C@@H]4[C@@H]1CCN4CC[C@H]23. The highest BCUT2D eigenvalue weighted by Gasteiger charge is 2.73. The molecule has 6 rings (SSSR count). The Balaban J connectivity index is 1.74. The standard InChI is InChI=1S/C21H24N2O4/c1-2-26-21-13-7-9-23-10-8-15(21)20(11-27-21,19(24)25)18-16(17(13)23)12-5-3-4-6-14(12)22-18/h3-6,13,15,17,22H,2,7-11H2,1H3,(H,24,25)/t13-,15-,17-,20-,21+/m0/s1. The van der Waals surface area contributed by atoms with Crippen LogP contribution < -0.4 is 0 Å². The number of fused-ring (bicyclic) bond motifs is 4. The fourth-order valence-electron chi connectivity index (χ4n) is 6.65. The Morgan fingerprint density at radius 2 is 2.19 bits per heavy atom. The van der Waals surface area contributed by atoms with E-state index in [1.807, 2.05) is 25.1 Å². The summed E-state index contributed by atoms with van der Waals surface area (Å²) >= 11 is 0. The highest BCUT2D eigenvalue weighted by molar-refractivity contribution is 5.91. The highest BCUT2D eigenvalue weighted by atomic mass is 16.7. The van der Waals surface area contributed by atoms with E-state index in [1.54, 1.807) is 0 Å². The van der Waals surface area contributed by atoms with Crippen molar-refractivity contribution in [2.75, 3.05) is 26.3 Å². The van der Waals surface area contributed by atoms with Crippen molar-refractivity contribution in [1.29, 1.82) is 0 Å². The molecule has 6 nitrogen and oxygen atoms in total. The van der Waals surface area contributed by atoms with E-state index < -0.39 is 17.2 Å². The molecule has 3 fully saturated rings. The monoisotopic (exact) mass is 368 g/mol. The number of nitrogens with one attached hydrogen (secondary N) is 1. The Morgan fingerprint density at radius 1 is 1.37 bits per heavy atom. The smallest absolute Gasteiger partial charge is 0.318 e. The maximum atomic E-state index is 12.8. The molecule has 0 spiro atoms. The van der Waals surface area contributed by atoms with Crippen LogP contribution in [-0.4, -0.2) is 53.1 Å². The van der Waals surface area contributed by atoms with Gasteiger partial charge in [-0.05, 0) is 44.5 Å². The molecule has 0 saturated carbocycles. The van der Waals surface area contributed by atoms with E-state index in [4.69, 9.17) is 9.47 Å². The molecule has 6 atom stereocenters. The second-order valence-electron chi connectivity index (χ2n) is 8.40. The first-order chi connectivity index (χ1) is 13.1. The van der Waals surface area contributed by atoms with Gasteiger partial charge in [0.05, 0.1) is 6.61 Å². The third-order valence-corrected chi connectivity index (χ3v) is 7.57. The molecular formula is C21H24N2O4. The van der Waals surface area contributed by atoms with Crippen molar-refractivity contribution in [3.8, 4) is 0 Å². The van der Waals surface area contributed by atoms with Crippen molar-refractivity contribution in [2.24, 2.45) is 11.8 Å². The van der Waals surface area contributed by atoms with Crippen LogP contribution in [0.2, 0.25) is 0 Å². The fourth-order valence-corrected chi connectivity index (χ4v) is 6.65. The molecule has 27 heavy (non-hydrogen) atoms. The minimum atomic E-state index is -1.07. The zero-order valence-corrected chi connectivity index (χ0v) is 15.4. The lowest BCUT2D eigenvalue weighted by molar-refractivity contribution is -0.261. The number of nitrogens with zero attached hydrogens (tertiary/aromatic N) is 1. The number of aliphatic carboxylic acids is 1. The van der Waals surface area contributed by atoms with E-state index >= 15 is 0 Å². The second kappa shape index (κ2) is 5.13. The summed E-state index contributed by atoms with van der Waals surface area (Å²) in [5.41, 5.74) is 1.97. The Hall–Kier alpha value is -1.89. The lowest BCUT2D eigenvalue weighted by Crippen LogP contribution is -2.52. The maximum Gasteiger partial charge on any atom is 0.318 e. The molecule has 6 bridgehead atoms. The van der Waals surface area contributed by atoms with Crippen molar-refractivity contribution < 1.29 is 19.4 Å². The number of H-pyrrole nitrogens is 1. The number of carboxylic acid groups (broad SMARTS) is 1. The van der Waals surface area contributed by atoms with Crippen molar-refractivity contribution in [3.63, 3.8) is 0 Å². The van der Waals surface area contributed by atoms with Gasteiger partial charge in [-0.2, -0.15) is 0 Å². The average molecular weight is 368 g/mol. The number of carboxylic acids is 1. The molecule has 0 amide bonds. The number of ether oxygens (including phenoxy) is 2. The summed E-state index contributed by atoms with van der Waals surface area (Å²) in [5.74, 6) is -1.62. The minimum absolute atomic E-state index is 0.147. The van der Waals surface area contributed by atoms with Crippen LogP contribution >= 0.6 is 0 Å². The van der Waals surface area contributed by atoms with Crippen molar-refractivity contribution in [1.82, 2.24) is 9.88 Å². The van der Waals surface area contributed by atoms with Gasteiger partial charge in [-0.3, -0.25) is 9.69 Å². The molecule has 1 aliphatic carbocycles. The molecule has 3 aliphatic heterocycles. The normalized spacial score (nSPS) is 41.5. The lowest BCUT2D eigenvalue weighted by Gasteiger charge is -2.40. The van der Waals surface area contributed by atoms with E-state index in [1.165, 1.54) is 5.56 Å². The first-order valence-electron chi connectivity index (χ1n) is 10.00. The van der Waals surface area contributed by atoms with Gasteiger partial charge in [0.2, 0.25) is 0 Å². The van der Waals surface area contributed by atoms with Crippen LogP contribution in [-0.2, 0) is 19.7 Å². The lowest BCUT2D eigenvalue weighted by atomic mass is 9.68. The number of aromatic amines is 1. The molecule has 0 radical (unpaired) electrons. The molecule has 1 unspecified atom stereocenters. The Morgan fingerprint density at radius 3 is 3.00 bits per heavy atom. The molecule has 142 valence electrons. The van der Waals surface area contributed by atoms with Gasteiger partial charge < -0.3 is 19.6 Å². The van der Waals surface area contributed by atoms with Crippen LogP contribution in [0, 0.1) is 11.8 Å². The zero-order chi connectivity index (χ0) is 18.4. The van der Waals surface area contributed by atoms with Crippen LogP contribution in [0.4, 0.5) is 0 Å². The van der Waals surface area contributed by atoms with Crippen molar-refractivity contribution in [3.05, 3.63) is 35.5 Å². The maximum absolute atomic E-state index is 12.8. The summed E-state index contributed by atoms with van der Waals surface area (Å²) < 4.78 is 12.7. The quantitative estimate of drug-likeness (QED) is 0.871. The summed E-state index contributed by atoms with van der Waals surface area (Å²) in [7, 11) is 0. The molecule has 6 heteroatoms. The second-order valence-corrected chi connectivity index (χ2v) is 8.40. The summed E-state index contributed by atoms with van der Waals surface area (Å²) in [6.45, 7) is 4.60. The van der Waals surface area contributed by atoms with Gasteiger partial charge in [0, 0.05) is 41.1 Å². The van der Waals surface area contributed by atoms with Crippen LogP contribution in [0.15, 0.2) is 24.3 Å². The zero-order valence-electron chi connectivity index (χ0n) is 15.4. The molecule has 2 N–H and O–H groups in total. The topological polar surface area (TPSA) is 74.8 Å². The summed E-state index contributed by atoms with van der Waals surface area (Å²) in [4.78, 5) is 18.9. The summed E-state index contributed by atoms with van der Waals surface area (Å²) in [5, 5.41) is 11.7. The number of aromatic nitrogens is 1. The van der Waals surface area contributed by atoms with E-state index in [0.717, 1.165) is 42.5 Å². The third kappa shape index (κ3) is 1.67. The van der Waals surface area contributed by atoms with Gasteiger partial charge in [-0.1, -0.05) is 18.2 Å². The predicted octanol–water partition coefficient (Wildman–Crippen LogP) is 2.65. The van der Waals surface area contributed by atoms with Crippen molar-refractivity contribution in [2.45, 2.75) is 37.0 Å². The van der Waals surface area contributed by atoms with Gasteiger partial charge in [0.1, 0.15) is 5.41 Å². The van der Waals surface area contributed by atoms with E-state index in [2.05, 4.69) is 16.0 Å². The van der Waals surface area contributed by atoms with Gasteiger partial charge in [-0.25, -0.2) is 0 Å². The van der Waals surface area contributed by atoms with E-state index in [-0.39, 0.29) is 24.5 Å². The number of hydrogen-bond acceptors (Lipinski definition) is 4. The first-order valence-corrected chi connectivity index (χ1v) is 10.00. The Bertz CT molecular complexity index is 955. The molecule has 1 aromatic carbocycles. The molecular weight excluding hydrogens is 344 g/mol. The van der Waals surface area contributed by atoms with E-state index in [0.29, 0.717) is 6.61 Å². The Labute approximate surface area is 157 Å². The van der Waals surface area contributed by atoms with Gasteiger partial charge >= 0.3 is 5.97 Å². The molecule has 4 aliphatic rings. The van der Waals surface area contributed by atoms with Gasteiger partial charge in [0.15, 0.2) is 5.79 Å². The number of rotatable bonds is 3. The van der Waals surface area contributed by atoms with Crippen LogP contribution in [0.3, 0.4) is 0 Å². The number of benzene rings is 1. The first kappa shape index (κ1) is 16.1. The third-order valence-electron chi connectivity index (χ3n) is 7.57. The highest BCUT2D eigenvalue weighted by Crippen LogP contribution is 2.65. The number of hydrogen-bond donors (Lipinski definition) is 2. The van der Waals surface area contributed by atoms with Crippen LogP contribution in [0.1, 0.15) is 37.1 Å². The van der Waals surface area contributed by atoms with Gasteiger partial charge in [0.25, 0.3) is 0 Å². The van der Waals surface area contributed by atoms with Crippen LogP contribution in [0.5, 0.6) is 0 Å². The molecule has 1 aromatic heterocycles. The largest absolute Gasteiger partial charge is 0.480 e. The summed E-state index contributed by atoms with van der Waals surface area (Å²) in [6, 6.07) is 8.36. The van der Waals surface area contributed by atoms with E-state index in [9.17, 15) is 9.90 Å². The molecule has 2 aromatic rings. The van der Waals surface area contributed by atoms with Crippen molar-refractivity contribution >= 4 is 16.9 Å². The molecule has 4 heterocycles. The fraction of sp³-hybridized carbons (Fsp3) is 0.571. The Kier molecular flexibility index (Phi) is 3.06. The minimum Gasteiger partial charge on any atom is -0.480 e. The molecule has 3 saturated heterocycles. The summed E-state index contributed by atoms with van der Waals surface area (Å²) in [6.07, 6.45) is 1.77. The number of para-hydroxylation sites is 1.